The molecular formula is C23H28N5O+. The molecule has 1 saturated heterocycles. The molecule has 0 aliphatic carbocycles. The third-order valence-electron chi connectivity index (χ3n) is 5.84. The first-order valence-electron chi connectivity index (χ1n) is 10.4. The first-order chi connectivity index (χ1) is 14.3. The number of carbonyl (C=O) groups is 1. The van der Waals surface area contributed by atoms with Gasteiger partial charge in [-0.25, -0.2) is 0 Å². The SMILES string of the molecule is CC[NH+]1CCC[C@H]1CN(Cc1cn[nH]c1-c1ccccc1)C(=O)c1ccccn1. The topological polar surface area (TPSA) is 66.3 Å². The molecule has 0 saturated carbocycles. The number of aromatic amines is 1. The van der Waals surface area contributed by atoms with Gasteiger partial charge in [0.2, 0.25) is 0 Å². The summed E-state index contributed by atoms with van der Waals surface area (Å²) in [5.41, 5.74) is 3.56. The molecule has 2 aromatic heterocycles. The van der Waals surface area contributed by atoms with Crippen LogP contribution in [0.5, 0.6) is 0 Å². The minimum Gasteiger partial charge on any atom is -0.331 e. The Kier molecular flexibility index (Phi) is 6.00. The zero-order valence-electron chi connectivity index (χ0n) is 16.8. The van der Waals surface area contributed by atoms with E-state index in [1.165, 1.54) is 13.0 Å². The maximum Gasteiger partial charge on any atom is 0.272 e. The van der Waals surface area contributed by atoms with Gasteiger partial charge in [0.15, 0.2) is 0 Å². The number of benzene rings is 1. The van der Waals surface area contributed by atoms with Crippen molar-refractivity contribution in [3.63, 3.8) is 0 Å². The van der Waals surface area contributed by atoms with Gasteiger partial charge in [-0.05, 0) is 24.6 Å². The van der Waals surface area contributed by atoms with Crippen molar-refractivity contribution >= 4 is 5.91 Å². The van der Waals surface area contributed by atoms with E-state index in [2.05, 4.69) is 34.2 Å². The smallest absolute Gasteiger partial charge is 0.272 e. The van der Waals surface area contributed by atoms with Gasteiger partial charge in [-0.3, -0.25) is 14.9 Å². The minimum atomic E-state index is -0.0202. The monoisotopic (exact) mass is 390 g/mol. The molecule has 0 spiro atoms. The molecule has 150 valence electrons. The van der Waals surface area contributed by atoms with Gasteiger partial charge in [-0.2, -0.15) is 5.10 Å². The van der Waals surface area contributed by atoms with Crippen molar-refractivity contribution in [2.75, 3.05) is 19.6 Å². The summed E-state index contributed by atoms with van der Waals surface area (Å²) >= 11 is 0. The molecule has 3 aromatic rings. The lowest BCUT2D eigenvalue weighted by Gasteiger charge is -2.28. The summed E-state index contributed by atoms with van der Waals surface area (Å²) in [6, 6.07) is 16.1. The first kappa shape index (κ1) is 19.3. The maximum atomic E-state index is 13.3. The van der Waals surface area contributed by atoms with Crippen molar-refractivity contribution in [2.45, 2.75) is 32.4 Å². The standard InChI is InChI=1S/C23H27N5O/c1-2-27-14-8-11-20(27)17-28(23(29)21-12-6-7-13-24-21)16-19-15-25-26-22(19)18-9-4-3-5-10-18/h3-7,9-10,12-13,15,20H,2,8,11,14,16-17H2,1H3,(H,25,26)/p+1/t20-/m0/s1. The largest absolute Gasteiger partial charge is 0.331 e. The predicted molar refractivity (Wildman–Crippen MR) is 112 cm³/mol. The van der Waals surface area contributed by atoms with E-state index in [4.69, 9.17) is 0 Å². The van der Waals surface area contributed by atoms with Gasteiger partial charge in [0, 0.05) is 24.6 Å². The van der Waals surface area contributed by atoms with Crippen LogP contribution in [0.1, 0.15) is 35.8 Å². The Hall–Kier alpha value is -2.99. The lowest BCUT2D eigenvalue weighted by molar-refractivity contribution is -0.909. The summed E-state index contributed by atoms with van der Waals surface area (Å²) in [7, 11) is 0. The van der Waals surface area contributed by atoms with Crippen LogP contribution >= 0.6 is 0 Å². The molecule has 1 aromatic carbocycles. The zero-order chi connectivity index (χ0) is 20.1. The summed E-state index contributed by atoms with van der Waals surface area (Å²) in [5.74, 6) is -0.0202. The van der Waals surface area contributed by atoms with Crippen molar-refractivity contribution in [3.05, 3.63) is 72.2 Å². The molecule has 3 heterocycles. The molecule has 1 fully saturated rings. The number of likely N-dealkylation sites (tertiary alicyclic amines) is 1. The normalized spacial score (nSPS) is 18.7. The number of rotatable bonds is 7. The molecule has 0 radical (unpaired) electrons. The second-order valence-corrected chi connectivity index (χ2v) is 7.64. The van der Waals surface area contributed by atoms with Gasteiger partial charge >= 0.3 is 0 Å². The molecule has 29 heavy (non-hydrogen) atoms. The predicted octanol–water partition coefficient (Wildman–Crippen LogP) is 2.18. The highest BCUT2D eigenvalue weighted by atomic mass is 16.2. The van der Waals surface area contributed by atoms with Crippen LogP contribution in [0.3, 0.4) is 0 Å². The number of hydrogen-bond donors (Lipinski definition) is 2. The van der Waals surface area contributed by atoms with Crippen LogP contribution < -0.4 is 4.90 Å². The second kappa shape index (κ2) is 9.01. The Morgan fingerprint density at radius 3 is 2.79 bits per heavy atom. The molecule has 6 nitrogen and oxygen atoms in total. The molecule has 2 N–H and O–H groups in total. The molecule has 1 aliphatic rings. The number of carbonyl (C=O) groups excluding carboxylic acids is 1. The molecule has 1 amide bonds. The molecule has 0 bridgehead atoms. The van der Waals surface area contributed by atoms with Gasteiger partial charge < -0.3 is 9.80 Å². The lowest BCUT2D eigenvalue weighted by atomic mass is 10.1. The molecule has 1 aliphatic heterocycles. The highest BCUT2D eigenvalue weighted by molar-refractivity contribution is 5.92. The molecule has 1 unspecified atom stereocenters. The summed E-state index contributed by atoms with van der Waals surface area (Å²) in [6.45, 7) is 5.76. The number of quaternary nitrogens is 1. The number of nitrogens with one attached hydrogen (secondary N) is 2. The molecular weight excluding hydrogens is 362 g/mol. The number of likely N-dealkylation sites (N-methyl/N-ethyl adjacent to an activating group) is 1. The van der Waals surface area contributed by atoms with Crippen molar-refractivity contribution in [3.8, 4) is 11.3 Å². The number of amides is 1. The Balaban J connectivity index is 1.61. The van der Waals surface area contributed by atoms with E-state index in [1.807, 2.05) is 41.4 Å². The maximum absolute atomic E-state index is 13.3. The molecule has 6 heteroatoms. The van der Waals surface area contributed by atoms with E-state index in [0.717, 1.165) is 36.3 Å². The Bertz CT molecular complexity index is 925. The number of aromatic nitrogens is 3. The van der Waals surface area contributed by atoms with Crippen LogP contribution in [-0.2, 0) is 6.54 Å². The third-order valence-corrected chi connectivity index (χ3v) is 5.84. The Morgan fingerprint density at radius 1 is 1.21 bits per heavy atom. The number of H-pyrrole nitrogens is 1. The van der Waals surface area contributed by atoms with Crippen molar-refractivity contribution in [1.29, 1.82) is 0 Å². The zero-order valence-corrected chi connectivity index (χ0v) is 16.8. The van der Waals surface area contributed by atoms with E-state index in [-0.39, 0.29) is 5.91 Å². The van der Waals surface area contributed by atoms with Crippen LogP contribution in [0.15, 0.2) is 60.9 Å². The fourth-order valence-electron chi connectivity index (χ4n) is 4.30. The third kappa shape index (κ3) is 4.38. The van der Waals surface area contributed by atoms with Crippen LogP contribution in [0.2, 0.25) is 0 Å². The van der Waals surface area contributed by atoms with Gasteiger partial charge in [-0.1, -0.05) is 36.4 Å². The summed E-state index contributed by atoms with van der Waals surface area (Å²) < 4.78 is 0. The average Bonchev–Trinajstić information content (AvgIpc) is 3.43. The highest BCUT2D eigenvalue weighted by Crippen LogP contribution is 2.23. The second-order valence-electron chi connectivity index (χ2n) is 7.64. The van der Waals surface area contributed by atoms with Crippen LogP contribution in [-0.4, -0.2) is 51.7 Å². The van der Waals surface area contributed by atoms with E-state index >= 15 is 0 Å². The van der Waals surface area contributed by atoms with E-state index in [9.17, 15) is 4.79 Å². The average molecular weight is 391 g/mol. The number of pyridine rings is 1. The van der Waals surface area contributed by atoms with Gasteiger partial charge in [0.1, 0.15) is 11.7 Å². The van der Waals surface area contributed by atoms with Crippen LogP contribution in [0.4, 0.5) is 0 Å². The van der Waals surface area contributed by atoms with E-state index in [0.29, 0.717) is 18.3 Å². The molecule has 2 atom stereocenters. The summed E-state index contributed by atoms with van der Waals surface area (Å²) in [5, 5.41) is 7.37. The fraction of sp³-hybridized carbons (Fsp3) is 0.348. The molecule has 4 rings (SSSR count). The van der Waals surface area contributed by atoms with Crippen molar-refractivity contribution in [1.82, 2.24) is 20.1 Å². The summed E-state index contributed by atoms with van der Waals surface area (Å²) in [4.78, 5) is 21.2. The minimum absolute atomic E-state index is 0.0202. The summed E-state index contributed by atoms with van der Waals surface area (Å²) in [6.07, 6.45) is 5.89. The number of nitrogens with zero attached hydrogens (tertiary/aromatic N) is 3. The lowest BCUT2D eigenvalue weighted by Crippen LogP contribution is -3.14. The van der Waals surface area contributed by atoms with Gasteiger partial charge in [0.05, 0.1) is 38.1 Å². The van der Waals surface area contributed by atoms with Crippen molar-refractivity contribution < 1.29 is 9.69 Å². The van der Waals surface area contributed by atoms with Gasteiger partial charge in [0.25, 0.3) is 5.91 Å². The van der Waals surface area contributed by atoms with E-state index < -0.39 is 0 Å². The number of hydrogen-bond acceptors (Lipinski definition) is 3. The Labute approximate surface area is 171 Å². The Morgan fingerprint density at radius 2 is 2.03 bits per heavy atom. The van der Waals surface area contributed by atoms with Crippen molar-refractivity contribution in [2.24, 2.45) is 0 Å². The fourth-order valence-corrected chi connectivity index (χ4v) is 4.30. The highest BCUT2D eigenvalue weighted by Gasteiger charge is 2.31. The quantitative estimate of drug-likeness (QED) is 0.650. The van der Waals surface area contributed by atoms with Crippen LogP contribution in [0, 0.1) is 0 Å². The first-order valence-corrected chi connectivity index (χ1v) is 10.4. The van der Waals surface area contributed by atoms with E-state index in [1.54, 1.807) is 17.2 Å². The van der Waals surface area contributed by atoms with Crippen LogP contribution in [0.25, 0.3) is 11.3 Å². The van der Waals surface area contributed by atoms with Gasteiger partial charge in [-0.15, -0.1) is 0 Å².